The minimum atomic E-state index is 0.0835. The Hall–Kier alpha value is -1.40. The van der Waals surface area contributed by atoms with Crippen molar-refractivity contribution in [1.29, 1.82) is 0 Å². The first-order valence-corrected chi connectivity index (χ1v) is 7.28. The number of carbonyl (C=O) groups excluding carboxylic acids is 1. The SMILES string of the molecule is CCn1nccc1C(=O)N1C[C@H]2COC[C@@H]1CN(C)C2. The number of nitrogens with zero attached hydrogens (tertiary/aromatic N) is 4. The topological polar surface area (TPSA) is 50.6 Å². The lowest BCUT2D eigenvalue weighted by Gasteiger charge is -2.29. The zero-order valence-corrected chi connectivity index (χ0v) is 12.2. The third-order valence-corrected chi connectivity index (χ3v) is 4.15. The summed E-state index contributed by atoms with van der Waals surface area (Å²) in [6.45, 7) is 6.75. The molecule has 2 atom stereocenters. The summed E-state index contributed by atoms with van der Waals surface area (Å²) in [6.07, 6.45) is 1.70. The first kappa shape index (κ1) is 13.6. The van der Waals surface area contributed by atoms with Crippen molar-refractivity contribution in [1.82, 2.24) is 19.6 Å². The summed E-state index contributed by atoms with van der Waals surface area (Å²) < 4.78 is 7.49. The van der Waals surface area contributed by atoms with E-state index in [9.17, 15) is 4.79 Å². The van der Waals surface area contributed by atoms with Crippen LogP contribution in [0.2, 0.25) is 0 Å². The molecular formula is C14H22N4O2. The minimum absolute atomic E-state index is 0.0835. The highest BCUT2D eigenvalue weighted by Gasteiger charge is 2.35. The van der Waals surface area contributed by atoms with E-state index in [4.69, 9.17) is 4.74 Å². The van der Waals surface area contributed by atoms with Gasteiger partial charge in [-0.25, -0.2) is 0 Å². The number of fused-ring (bicyclic) bond motifs is 3. The van der Waals surface area contributed by atoms with Crippen LogP contribution >= 0.6 is 0 Å². The highest BCUT2D eigenvalue weighted by molar-refractivity contribution is 5.92. The molecular weight excluding hydrogens is 256 g/mol. The maximum absolute atomic E-state index is 12.8. The Balaban J connectivity index is 1.87. The van der Waals surface area contributed by atoms with E-state index in [1.54, 1.807) is 10.9 Å². The van der Waals surface area contributed by atoms with Crippen LogP contribution in [0, 0.1) is 5.92 Å². The van der Waals surface area contributed by atoms with Gasteiger partial charge in [0.25, 0.3) is 5.91 Å². The molecule has 0 aliphatic carbocycles. The molecule has 0 spiro atoms. The van der Waals surface area contributed by atoms with Crippen LogP contribution < -0.4 is 0 Å². The van der Waals surface area contributed by atoms with Gasteiger partial charge < -0.3 is 14.5 Å². The molecule has 2 fully saturated rings. The van der Waals surface area contributed by atoms with E-state index in [1.165, 1.54) is 0 Å². The molecule has 110 valence electrons. The van der Waals surface area contributed by atoms with E-state index in [0.717, 1.165) is 26.2 Å². The summed E-state index contributed by atoms with van der Waals surface area (Å²) in [5.41, 5.74) is 0.683. The maximum atomic E-state index is 12.8. The average molecular weight is 278 g/mol. The largest absolute Gasteiger partial charge is 0.379 e. The molecule has 2 bridgehead atoms. The molecule has 2 aliphatic heterocycles. The zero-order valence-electron chi connectivity index (χ0n) is 12.2. The molecule has 20 heavy (non-hydrogen) atoms. The number of ether oxygens (including phenoxy) is 1. The lowest BCUT2D eigenvalue weighted by Crippen LogP contribution is -2.46. The molecule has 2 saturated heterocycles. The number of likely N-dealkylation sites (N-methyl/N-ethyl adjacent to an activating group) is 1. The van der Waals surface area contributed by atoms with Gasteiger partial charge in [0.2, 0.25) is 0 Å². The molecule has 6 nitrogen and oxygen atoms in total. The number of aromatic nitrogens is 2. The fourth-order valence-electron chi connectivity index (χ4n) is 3.24. The fourth-order valence-corrected chi connectivity index (χ4v) is 3.24. The van der Waals surface area contributed by atoms with Gasteiger partial charge in [0.05, 0.1) is 19.3 Å². The predicted octanol–water partition coefficient (Wildman–Crippen LogP) is 0.306. The number of amides is 1. The van der Waals surface area contributed by atoms with E-state index in [-0.39, 0.29) is 11.9 Å². The molecule has 0 unspecified atom stereocenters. The Morgan fingerprint density at radius 3 is 3.05 bits per heavy atom. The number of rotatable bonds is 2. The molecule has 3 heterocycles. The lowest BCUT2D eigenvalue weighted by atomic mass is 10.1. The molecule has 1 amide bonds. The maximum Gasteiger partial charge on any atom is 0.272 e. The van der Waals surface area contributed by atoms with Crippen molar-refractivity contribution in [2.24, 2.45) is 5.92 Å². The first-order valence-electron chi connectivity index (χ1n) is 7.28. The van der Waals surface area contributed by atoms with Crippen LogP contribution in [-0.2, 0) is 11.3 Å². The Morgan fingerprint density at radius 2 is 2.25 bits per heavy atom. The van der Waals surface area contributed by atoms with Gasteiger partial charge in [0.15, 0.2) is 0 Å². The van der Waals surface area contributed by atoms with Crippen LogP contribution in [0.4, 0.5) is 0 Å². The lowest BCUT2D eigenvalue weighted by molar-refractivity contribution is 0.0477. The summed E-state index contributed by atoms with van der Waals surface area (Å²) in [5, 5.41) is 4.20. The number of aryl methyl sites for hydroxylation is 1. The average Bonchev–Trinajstić information content (AvgIpc) is 2.73. The third-order valence-electron chi connectivity index (χ3n) is 4.15. The Bertz CT molecular complexity index is 487. The Morgan fingerprint density at radius 1 is 1.40 bits per heavy atom. The van der Waals surface area contributed by atoms with Crippen molar-refractivity contribution in [3.8, 4) is 0 Å². The minimum Gasteiger partial charge on any atom is -0.379 e. The number of hydrogen-bond acceptors (Lipinski definition) is 4. The standard InChI is InChI=1S/C14H22N4O2/c1-3-18-13(4-5-15-18)14(19)17-7-11-6-16(2)8-12(17)10-20-9-11/h4-5,11-12H,3,6-10H2,1-2H3/t11-,12-/m0/s1. The highest BCUT2D eigenvalue weighted by Crippen LogP contribution is 2.21. The van der Waals surface area contributed by atoms with Gasteiger partial charge in [-0.2, -0.15) is 5.10 Å². The third kappa shape index (κ3) is 2.45. The van der Waals surface area contributed by atoms with E-state index in [2.05, 4.69) is 17.0 Å². The Labute approximate surface area is 119 Å². The second kappa shape index (κ2) is 5.54. The molecule has 0 radical (unpaired) electrons. The van der Waals surface area contributed by atoms with E-state index in [1.807, 2.05) is 17.9 Å². The molecule has 0 saturated carbocycles. The number of carbonyl (C=O) groups is 1. The fraction of sp³-hybridized carbons (Fsp3) is 0.714. The normalized spacial score (nSPS) is 27.4. The summed E-state index contributed by atoms with van der Waals surface area (Å²) in [7, 11) is 2.12. The molecule has 2 aliphatic rings. The van der Waals surface area contributed by atoms with Crippen LogP contribution in [0.5, 0.6) is 0 Å². The van der Waals surface area contributed by atoms with Crippen molar-refractivity contribution in [3.05, 3.63) is 18.0 Å². The molecule has 1 aromatic heterocycles. The van der Waals surface area contributed by atoms with Crippen LogP contribution in [0.1, 0.15) is 17.4 Å². The van der Waals surface area contributed by atoms with Gasteiger partial charge in [0, 0.05) is 38.3 Å². The summed E-state index contributed by atoms with van der Waals surface area (Å²) in [4.78, 5) is 17.1. The van der Waals surface area contributed by atoms with Crippen molar-refractivity contribution in [2.75, 3.05) is 39.9 Å². The smallest absolute Gasteiger partial charge is 0.272 e. The van der Waals surface area contributed by atoms with Gasteiger partial charge in [0.1, 0.15) is 5.69 Å². The van der Waals surface area contributed by atoms with Crippen molar-refractivity contribution in [2.45, 2.75) is 19.5 Å². The Kier molecular flexibility index (Phi) is 3.76. The molecule has 0 aromatic carbocycles. The number of hydrogen-bond donors (Lipinski definition) is 0. The molecule has 3 rings (SSSR count). The van der Waals surface area contributed by atoms with Crippen LogP contribution in [0.15, 0.2) is 12.3 Å². The van der Waals surface area contributed by atoms with Gasteiger partial charge in [-0.05, 0) is 20.0 Å². The van der Waals surface area contributed by atoms with Gasteiger partial charge >= 0.3 is 0 Å². The highest BCUT2D eigenvalue weighted by atomic mass is 16.5. The summed E-state index contributed by atoms with van der Waals surface area (Å²) >= 11 is 0. The second-order valence-electron chi connectivity index (χ2n) is 5.77. The second-order valence-corrected chi connectivity index (χ2v) is 5.77. The van der Waals surface area contributed by atoms with Crippen LogP contribution in [0.3, 0.4) is 0 Å². The summed E-state index contributed by atoms with van der Waals surface area (Å²) in [6, 6.07) is 1.95. The van der Waals surface area contributed by atoms with E-state index in [0.29, 0.717) is 24.8 Å². The van der Waals surface area contributed by atoms with Crippen molar-refractivity contribution >= 4 is 5.91 Å². The molecule has 0 N–H and O–H groups in total. The van der Waals surface area contributed by atoms with Gasteiger partial charge in [-0.15, -0.1) is 0 Å². The van der Waals surface area contributed by atoms with Crippen molar-refractivity contribution in [3.63, 3.8) is 0 Å². The van der Waals surface area contributed by atoms with Crippen molar-refractivity contribution < 1.29 is 9.53 Å². The monoisotopic (exact) mass is 278 g/mol. The van der Waals surface area contributed by atoms with E-state index < -0.39 is 0 Å². The predicted molar refractivity (Wildman–Crippen MR) is 74.5 cm³/mol. The van der Waals surface area contributed by atoms with E-state index >= 15 is 0 Å². The van der Waals surface area contributed by atoms with Crippen LogP contribution in [-0.4, -0.2) is 71.4 Å². The first-order chi connectivity index (χ1) is 9.69. The molecule has 1 aromatic rings. The van der Waals surface area contributed by atoms with Gasteiger partial charge in [-0.3, -0.25) is 9.48 Å². The molecule has 6 heteroatoms. The summed E-state index contributed by atoms with van der Waals surface area (Å²) in [5.74, 6) is 0.481. The zero-order chi connectivity index (χ0) is 14.1. The quantitative estimate of drug-likeness (QED) is 0.781. The van der Waals surface area contributed by atoms with Gasteiger partial charge in [-0.1, -0.05) is 0 Å². The van der Waals surface area contributed by atoms with Crippen LogP contribution in [0.25, 0.3) is 0 Å².